The summed E-state index contributed by atoms with van der Waals surface area (Å²) >= 11 is 0. The SMILES string of the molecule is CC\C=C/C=C\C=C/CCCCCCCC(=O)OCC(COC(=O)CCCCCCCCC/C=C\CCCCCCCC)OC(=O)CCCCCCCCC/C=C\C/C=C\CC. The van der Waals surface area contributed by atoms with Crippen LogP contribution in [0, 0.1) is 0 Å². The summed E-state index contributed by atoms with van der Waals surface area (Å²) in [6.45, 7) is 6.37. The van der Waals surface area contributed by atoms with Gasteiger partial charge in [-0.3, -0.25) is 14.4 Å². The van der Waals surface area contributed by atoms with Crippen molar-refractivity contribution < 1.29 is 28.6 Å². The van der Waals surface area contributed by atoms with Crippen LogP contribution in [0.25, 0.3) is 0 Å². The molecule has 0 amide bonds. The lowest BCUT2D eigenvalue weighted by Crippen LogP contribution is -2.30. The van der Waals surface area contributed by atoms with Gasteiger partial charge in [-0.2, -0.15) is 0 Å². The number of allylic oxidation sites excluding steroid dienone is 12. The highest BCUT2D eigenvalue weighted by Crippen LogP contribution is 2.14. The molecule has 0 N–H and O–H groups in total. The number of unbranched alkanes of at least 4 members (excludes halogenated alkanes) is 25. The van der Waals surface area contributed by atoms with Gasteiger partial charge in [0.25, 0.3) is 0 Å². The van der Waals surface area contributed by atoms with Crippen molar-refractivity contribution in [2.24, 2.45) is 0 Å². The maximum Gasteiger partial charge on any atom is 0.306 e. The lowest BCUT2D eigenvalue weighted by Gasteiger charge is -2.18. The molecule has 0 aromatic heterocycles. The number of carbonyl (C=O) groups excluding carboxylic acids is 3. The lowest BCUT2D eigenvalue weighted by molar-refractivity contribution is -0.167. The summed E-state index contributed by atoms with van der Waals surface area (Å²) in [6, 6.07) is 0. The van der Waals surface area contributed by atoms with Gasteiger partial charge < -0.3 is 14.2 Å². The first-order chi connectivity index (χ1) is 30.5. The molecule has 0 bridgehead atoms. The minimum Gasteiger partial charge on any atom is -0.462 e. The first kappa shape index (κ1) is 58.9. The van der Waals surface area contributed by atoms with E-state index in [1.165, 1.54) is 103 Å². The van der Waals surface area contributed by atoms with Crippen LogP contribution in [0.5, 0.6) is 0 Å². The van der Waals surface area contributed by atoms with E-state index in [4.69, 9.17) is 14.2 Å². The summed E-state index contributed by atoms with van der Waals surface area (Å²) in [4.78, 5) is 38.0. The number of ether oxygens (including phenoxy) is 3. The standard InChI is InChI=1S/C56H96O6/c1-4-7-10-13-16-19-22-25-27-28-29-32-34-37-40-43-46-49-55(58)61-52-53(51-60-54(57)48-45-42-39-36-33-30-24-21-18-15-12-9-6-3)62-56(59)50-47-44-41-38-35-31-26-23-20-17-14-11-8-5-2/h8-9,11-12,15,17-18,20-21,24-25,27,53H,4-7,10,13-14,16,19,22-23,26,28-52H2,1-3H3/b11-8-,12-9-,18-15-,20-17-,24-21-,27-25-. The Morgan fingerprint density at radius 3 is 1.16 bits per heavy atom. The van der Waals surface area contributed by atoms with Crippen LogP contribution in [0.3, 0.4) is 0 Å². The summed E-state index contributed by atoms with van der Waals surface area (Å²) in [7, 11) is 0. The van der Waals surface area contributed by atoms with Crippen molar-refractivity contribution in [2.45, 2.75) is 252 Å². The molecule has 356 valence electrons. The van der Waals surface area contributed by atoms with Crippen LogP contribution in [0.4, 0.5) is 0 Å². The maximum absolute atomic E-state index is 12.8. The molecule has 0 aliphatic heterocycles. The molecule has 0 aromatic rings. The van der Waals surface area contributed by atoms with Crippen molar-refractivity contribution in [3.8, 4) is 0 Å². The number of hydrogen-bond donors (Lipinski definition) is 0. The number of carbonyl (C=O) groups is 3. The molecule has 6 nitrogen and oxygen atoms in total. The second-order valence-electron chi connectivity index (χ2n) is 17.1. The Kier molecular flexibility index (Phi) is 47.9. The fraction of sp³-hybridized carbons (Fsp3) is 0.732. The van der Waals surface area contributed by atoms with Crippen molar-refractivity contribution in [3.63, 3.8) is 0 Å². The molecule has 0 aromatic carbocycles. The Balaban J connectivity index is 4.40. The van der Waals surface area contributed by atoms with Gasteiger partial charge in [-0.25, -0.2) is 0 Å². The molecular weight excluding hydrogens is 769 g/mol. The highest BCUT2D eigenvalue weighted by molar-refractivity contribution is 5.71. The van der Waals surface area contributed by atoms with Crippen LogP contribution in [0.2, 0.25) is 0 Å². The Morgan fingerprint density at radius 1 is 0.355 bits per heavy atom. The van der Waals surface area contributed by atoms with E-state index in [-0.39, 0.29) is 31.1 Å². The Hall–Kier alpha value is -3.15. The average Bonchev–Trinajstić information content (AvgIpc) is 3.27. The Bertz CT molecular complexity index is 1180. The quantitative estimate of drug-likeness (QED) is 0.0199. The third-order valence-corrected chi connectivity index (χ3v) is 11.0. The van der Waals surface area contributed by atoms with Crippen molar-refractivity contribution in [3.05, 3.63) is 72.9 Å². The number of esters is 3. The highest BCUT2D eigenvalue weighted by atomic mass is 16.6. The summed E-state index contributed by atoms with van der Waals surface area (Å²) in [5.41, 5.74) is 0. The number of hydrogen-bond acceptors (Lipinski definition) is 6. The van der Waals surface area contributed by atoms with Crippen molar-refractivity contribution in [2.75, 3.05) is 13.2 Å². The van der Waals surface area contributed by atoms with Crippen LogP contribution in [-0.2, 0) is 28.6 Å². The van der Waals surface area contributed by atoms with E-state index >= 15 is 0 Å². The third kappa shape index (κ3) is 47.9. The second-order valence-corrected chi connectivity index (χ2v) is 17.1. The molecule has 0 aliphatic rings. The fourth-order valence-corrected chi connectivity index (χ4v) is 7.12. The topological polar surface area (TPSA) is 78.9 Å². The molecule has 0 fully saturated rings. The summed E-state index contributed by atoms with van der Waals surface area (Å²) < 4.78 is 16.8. The molecule has 0 rings (SSSR count). The zero-order valence-corrected chi connectivity index (χ0v) is 40.6. The molecule has 0 radical (unpaired) electrons. The van der Waals surface area contributed by atoms with Crippen LogP contribution < -0.4 is 0 Å². The van der Waals surface area contributed by atoms with Gasteiger partial charge in [0, 0.05) is 19.3 Å². The Labute approximate surface area is 382 Å². The van der Waals surface area contributed by atoms with E-state index in [2.05, 4.69) is 93.7 Å². The Morgan fingerprint density at radius 2 is 0.710 bits per heavy atom. The highest BCUT2D eigenvalue weighted by Gasteiger charge is 2.19. The average molecular weight is 865 g/mol. The smallest absolute Gasteiger partial charge is 0.306 e. The monoisotopic (exact) mass is 865 g/mol. The molecule has 0 aliphatic carbocycles. The van der Waals surface area contributed by atoms with Crippen molar-refractivity contribution in [1.82, 2.24) is 0 Å². The predicted octanol–water partition coefficient (Wildman–Crippen LogP) is 17.0. The molecule has 0 saturated heterocycles. The first-order valence-electron chi connectivity index (χ1n) is 26.0. The lowest BCUT2D eigenvalue weighted by atomic mass is 10.1. The largest absolute Gasteiger partial charge is 0.462 e. The molecule has 1 unspecified atom stereocenters. The zero-order chi connectivity index (χ0) is 45.1. The van der Waals surface area contributed by atoms with Crippen LogP contribution in [0.15, 0.2) is 72.9 Å². The molecule has 6 heteroatoms. The summed E-state index contributed by atoms with van der Waals surface area (Å²) in [6.07, 6.45) is 63.1. The molecule has 0 saturated carbocycles. The number of rotatable bonds is 46. The maximum atomic E-state index is 12.8. The van der Waals surface area contributed by atoms with E-state index in [9.17, 15) is 14.4 Å². The summed E-state index contributed by atoms with van der Waals surface area (Å²) in [5, 5.41) is 0. The van der Waals surface area contributed by atoms with Gasteiger partial charge in [-0.15, -0.1) is 0 Å². The normalized spacial score (nSPS) is 12.6. The second kappa shape index (κ2) is 50.5. The predicted molar refractivity (Wildman–Crippen MR) is 265 cm³/mol. The van der Waals surface area contributed by atoms with Crippen LogP contribution in [-0.4, -0.2) is 37.2 Å². The fourth-order valence-electron chi connectivity index (χ4n) is 7.12. The zero-order valence-electron chi connectivity index (χ0n) is 40.6. The van der Waals surface area contributed by atoms with E-state index < -0.39 is 6.10 Å². The molecule has 1 atom stereocenters. The molecule has 62 heavy (non-hydrogen) atoms. The van der Waals surface area contributed by atoms with E-state index in [1.807, 2.05) is 0 Å². The van der Waals surface area contributed by atoms with E-state index in [1.54, 1.807) is 0 Å². The van der Waals surface area contributed by atoms with E-state index in [0.717, 1.165) is 103 Å². The third-order valence-electron chi connectivity index (χ3n) is 11.0. The van der Waals surface area contributed by atoms with Crippen LogP contribution in [0.1, 0.15) is 245 Å². The minimum atomic E-state index is -0.789. The first-order valence-corrected chi connectivity index (χ1v) is 26.0. The minimum absolute atomic E-state index is 0.0877. The summed E-state index contributed by atoms with van der Waals surface area (Å²) in [5.74, 6) is -0.920. The van der Waals surface area contributed by atoms with E-state index in [0.29, 0.717) is 19.3 Å². The van der Waals surface area contributed by atoms with Gasteiger partial charge in [0.05, 0.1) is 0 Å². The van der Waals surface area contributed by atoms with Crippen LogP contribution >= 0.6 is 0 Å². The van der Waals surface area contributed by atoms with Gasteiger partial charge in [-0.05, 0) is 89.9 Å². The van der Waals surface area contributed by atoms with Gasteiger partial charge >= 0.3 is 17.9 Å². The van der Waals surface area contributed by atoms with Crippen molar-refractivity contribution in [1.29, 1.82) is 0 Å². The van der Waals surface area contributed by atoms with Gasteiger partial charge in [0.1, 0.15) is 13.2 Å². The molecule has 0 heterocycles. The molecular formula is C56H96O6. The van der Waals surface area contributed by atoms with Crippen molar-refractivity contribution >= 4 is 17.9 Å². The van der Waals surface area contributed by atoms with Gasteiger partial charge in [0.15, 0.2) is 6.10 Å². The van der Waals surface area contributed by atoms with Gasteiger partial charge in [-0.1, -0.05) is 209 Å². The molecule has 0 spiro atoms. The van der Waals surface area contributed by atoms with Gasteiger partial charge in [0.2, 0.25) is 0 Å².